The lowest BCUT2D eigenvalue weighted by Gasteiger charge is -2.28. The van der Waals surface area contributed by atoms with Gasteiger partial charge in [0, 0.05) is 31.8 Å². The smallest absolute Gasteiger partial charge is 0.426 e. The molecule has 0 N–H and O–H groups in total. The van der Waals surface area contributed by atoms with Crippen LogP contribution < -0.4 is 9.47 Å². The van der Waals surface area contributed by atoms with E-state index in [4.69, 9.17) is 14.2 Å². The number of para-hydroxylation sites is 1. The molecule has 0 atom stereocenters. The molecule has 1 aliphatic rings. The molecule has 0 radical (unpaired) electrons. The fourth-order valence-corrected chi connectivity index (χ4v) is 3.46. The molecule has 0 bridgehead atoms. The first kappa shape index (κ1) is 23.0. The van der Waals surface area contributed by atoms with Crippen LogP contribution in [-0.2, 0) is 9.53 Å². The van der Waals surface area contributed by atoms with Crippen molar-refractivity contribution in [1.82, 2.24) is 8.61 Å². The van der Waals surface area contributed by atoms with Crippen molar-refractivity contribution >= 4 is 30.0 Å². The quantitative estimate of drug-likeness (QED) is 0.461. The van der Waals surface area contributed by atoms with Crippen molar-refractivity contribution in [3.05, 3.63) is 23.8 Å². The largest absolute Gasteiger partial charge is 0.475 e. The second kappa shape index (κ2) is 9.49. The Morgan fingerprint density at radius 1 is 1.28 bits per heavy atom. The van der Waals surface area contributed by atoms with E-state index in [2.05, 4.69) is 0 Å². The van der Waals surface area contributed by atoms with Crippen LogP contribution in [0.15, 0.2) is 18.2 Å². The molecule has 0 saturated carbocycles. The van der Waals surface area contributed by atoms with Gasteiger partial charge in [0.05, 0.1) is 18.6 Å². The number of carbonyl (C=O) groups is 3. The molecule has 0 unspecified atom stereocenters. The standard InChI is InChI=1S/C20H28N2O6S/c1-7-26-16(23)11-12-22(13(2)3)29-21(6)19(25)27-15-10-8-9-14-17(15)28-20(4,5)18(14)24/h8-10,13H,7,11-12H2,1-6H3. The van der Waals surface area contributed by atoms with Gasteiger partial charge in [-0.15, -0.1) is 0 Å². The van der Waals surface area contributed by atoms with Gasteiger partial charge in [0.15, 0.2) is 17.1 Å². The van der Waals surface area contributed by atoms with E-state index in [9.17, 15) is 14.4 Å². The van der Waals surface area contributed by atoms with Gasteiger partial charge in [-0.25, -0.2) is 13.4 Å². The summed E-state index contributed by atoms with van der Waals surface area (Å²) in [7, 11) is 1.58. The van der Waals surface area contributed by atoms with Gasteiger partial charge >= 0.3 is 12.1 Å². The van der Waals surface area contributed by atoms with Gasteiger partial charge in [-0.3, -0.25) is 9.59 Å². The molecule has 2 rings (SSSR count). The van der Waals surface area contributed by atoms with E-state index in [1.807, 2.05) is 18.2 Å². The molecular weight excluding hydrogens is 396 g/mol. The monoisotopic (exact) mass is 424 g/mol. The minimum atomic E-state index is -0.993. The summed E-state index contributed by atoms with van der Waals surface area (Å²) in [6.07, 6.45) is -0.398. The molecule has 0 spiro atoms. The zero-order valence-corrected chi connectivity index (χ0v) is 18.5. The summed E-state index contributed by atoms with van der Waals surface area (Å²) in [5.41, 5.74) is -0.596. The van der Waals surface area contributed by atoms with Crippen molar-refractivity contribution in [3.63, 3.8) is 0 Å². The molecule has 0 aliphatic carbocycles. The van der Waals surface area contributed by atoms with Crippen molar-refractivity contribution in [2.75, 3.05) is 20.2 Å². The lowest BCUT2D eigenvalue weighted by Crippen LogP contribution is -2.34. The average Bonchev–Trinajstić information content (AvgIpc) is 2.88. The van der Waals surface area contributed by atoms with E-state index < -0.39 is 11.7 Å². The Balaban J connectivity index is 2.02. The van der Waals surface area contributed by atoms with Gasteiger partial charge in [-0.2, -0.15) is 0 Å². The number of amides is 1. The third kappa shape index (κ3) is 5.63. The van der Waals surface area contributed by atoms with Crippen LogP contribution >= 0.6 is 12.1 Å². The van der Waals surface area contributed by atoms with E-state index in [0.29, 0.717) is 18.7 Å². The van der Waals surface area contributed by atoms with Crippen LogP contribution in [0.4, 0.5) is 4.79 Å². The number of Topliss-reactive ketones (excluding diaryl/α,β-unsaturated/α-hetero) is 1. The van der Waals surface area contributed by atoms with Crippen LogP contribution in [0.3, 0.4) is 0 Å². The number of rotatable bonds is 8. The van der Waals surface area contributed by atoms with E-state index in [1.54, 1.807) is 46.0 Å². The van der Waals surface area contributed by atoms with Gasteiger partial charge < -0.3 is 14.2 Å². The summed E-state index contributed by atoms with van der Waals surface area (Å²) in [6.45, 7) is 9.79. The summed E-state index contributed by atoms with van der Waals surface area (Å²) >= 11 is 1.15. The number of ketones is 1. The summed E-state index contributed by atoms with van der Waals surface area (Å²) < 4.78 is 19.3. The molecular formula is C20H28N2O6S. The molecule has 1 aliphatic heterocycles. The predicted octanol–water partition coefficient (Wildman–Crippen LogP) is 3.70. The number of hydrogen-bond acceptors (Lipinski definition) is 8. The van der Waals surface area contributed by atoms with Crippen molar-refractivity contribution in [3.8, 4) is 11.5 Å². The lowest BCUT2D eigenvalue weighted by atomic mass is 10.00. The SMILES string of the molecule is CCOC(=O)CCN(SN(C)C(=O)Oc1cccc2c1OC(C)(C)C2=O)C(C)C. The van der Waals surface area contributed by atoms with Crippen LogP contribution in [-0.4, -0.2) is 58.3 Å². The van der Waals surface area contributed by atoms with Crippen LogP contribution in [0.2, 0.25) is 0 Å². The highest BCUT2D eigenvalue weighted by Crippen LogP contribution is 2.42. The fourth-order valence-electron chi connectivity index (χ4n) is 2.68. The Morgan fingerprint density at radius 2 is 1.97 bits per heavy atom. The molecule has 0 saturated heterocycles. The Morgan fingerprint density at radius 3 is 2.59 bits per heavy atom. The van der Waals surface area contributed by atoms with E-state index >= 15 is 0 Å². The Hall–Kier alpha value is -2.26. The fraction of sp³-hybridized carbons (Fsp3) is 0.550. The van der Waals surface area contributed by atoms with Gasteiger partial charge in [0.25, 0.3) is 0 Å². The highest BCUT2D eigenvalue weighted by atomic mass is 32.2. The van der Waals surface area contributed by atoms with Crippen LogP contribution in [0.1, 0.15) is 51.4 Å². The van der Waals surface area contributed by atoms with E-state index in [1.165, 1.54) is 4.31 Å². The number of carbonyl (C=O) groups excluding carboxylic acids is 3. The summed E-state index contributed by atoms with van der Waals surface area (Å²) in [5, 5.41) is 0. The van der Waals surface area contributed by atoms with Gasteiger partial charge in [0.2, 0.25) is 5.78 Å². The maximum absolute atomic E-state index is 12.6. The summed E-state index contributed by atoms with van der Waals surface area (Å²) in [5.74, 6) is 0.0325. The molecule has 8 nitrogen and oxygen atoms in total. The Labute approximate surface area is 175 Å². The molecule has 9 heteroatoms. The first-order chi connectivity index (χ1) is 13.6. The van der Waals surface area contributed by atoms with Crippen LogP contribution in [0.5, 0.6) is 11.5 Å². The number of ether oxygens (including phenoxy) is 3. The van der Waals surface area contributed by atoms with Crippen molar-refractivity contribution < 1.29 is 28.6 Å². The maximum Gasteiger partial charge on any atom is 0.426 e. The second-order valence-corrected chi connectivity index (χ2v) is 8.49. The predicted molar refractivity (Wildman–Crippen MR) is 110 cm³/mol. The first-order valence-electron chi connectivity index (χ1n) is 9.49. The number of benzene rings is 1. The lowest BCUT2D eigenvalue weighted by molar-refractivity contribution is -0.143. The van der Waals surface area contributed by atoms with Gasteiger partial charge in [-0.05, 0) is 46.8 Å². The van der Waals surface area contributed by atoms with Gasteiger partial charge in [0.1, 0.15) is 0 Å². The second-order valence-electron chi connectivity index (χ2n) is 7.31. The van der Waals surface area contributed by atoms with Crippen molar-refractivity contribution in [2.24, 2.45) is 0 Å². The molecule has 29 heavy (non-hydrogen) atoms. The molecule has 160 valence electrons. The van der Waals surface area contributed by atoms with Crippen LogP contribution in [0.25, 0.3) is 0 Å². The topological polar surface area (TPSA) is 85.4 Å². The third-order valence-electron chi connectivity index (χ3n) is 4.23. The Kier molecular flexibility index (Phi) is 7.54. The zero-order valence-electron chi connectivity index (χ0n) is 17.7. The number of fused-ring (bicyclic) bond motifs is 1. The molecule has 1 amide bonds. The molecule has 1 aromatic rings. The first-order valence-corrected chi connectivity index (χ1v) is 10.2. The molecule has 0 fully saturated rings. The highest BCUT2D eigenvalue weighted by Gasteiger charge is 2.41. The Bertz CT molecular complexity index is 780. The normalized spacial score (nSPS) is 14.6. The molecule has 1 heterocycles. The van der Waals surface area contributed by atoms with E-state index in [0.717, 1.165) is 12.1 Å². The van der Waals surface area contributed by atoms with Gasteiger partial charge in [-0.1, -0.05) is 6.07 Å². The minimum Gasteiger partial charge on any atom is -0.475 e. The summed E-state index contributed by atoms with van der Waals surface area (Å²) in [4.78, 5) is 36.6. The van der Waals surface area contributed by atoms with Crippen LogP contribution in [0, 0.1) is 0 Å². The molecule has 0 aromatic heterocycles. The number of esters is 1. The number of nitrogens with zero attached hydrogens (tertiary/aromatic N) is 2. The van der Waals surface area contributed by atoms with Crippen molar-refractivity contribution in [1.29, 1.82) is 0 Å². The number of hydrogen-bond donors (Lipinski definition) is 0. The maximum atomic E-state index is 12.6. The average molecular weight is 425 g/mol. The zero-order chi connectivity index (χ0) is 21.8. The third-order valence-corrected chi connectivity index (χ3v) is 5.43. The van der Waals surface area contributed by atoms with Crippen molar-refractivity contribution in [2.45, 2.75) is 52.7 Å². The molecule has 1 aromatic carbocycles. The van der Waals surface area contributed by atoms with E-state index in [-0.39, 0.29) is 35.7 Å². The minimum absolute atomic E-state index is 0.0763. The highest BCUT2D eigenvalue weighted by molar-refractivity contribution is 7.95. The summed E-state index contributed by atoms with van der Waals surface area (Å²) in [6, 6.07) is 4.97.